The van der Waals surface area contributed by atoms with E-state index < -0.39 is 5.60 Å². The predicted molar refractivity (Wildman–Crippen MR) is 80.9 cm³/mol. The first-order chi connectivity index (χ1) is 10.4. The zero-order valence-electron chi connectivity index (χ0n) is 12.9. The maximum atomic E-state index is 12.9. The van der Waals surface area contributed by atoms with Gasteiger partial charge in [0.05, 0.1) is 13.2 Å². The molecule has 1 fully saturated rings. The van der Waals surface area contributed by atoms with Gasteiger partial charge in [-0.1, -0.05) is 12.1 Å². The van der Waals surface area contributed by atoms with Gasteiger partial charge in [0.25, 0.3) is 0 Å². The zero-order chi connectivity index (χ0) is 16.2. The monoisotopic (exact) mass is 310 g/mol. The van der Waals surface area contributed by atoms with Crippen LogP contribution in [0.4, 0.5) is 9.18 Å². The van der Waals surface area contributed by atoms with Crippen molar-refractivity contribution < 1.29 is 19.0 Å². The van der Waals surface area contributed by atoms with Gasteiger partial charge in [0.1, 0.15) is 11.4 Å². The van der Waals surface area contributed by atoms with Gasteiger partial charge in [-0.15, -0.1) is 0 Å². The third kappa shape index (κ3) is 4.42. The van der Waals surface area contributed by atoms with Crippen LogP contribution in [-0.2, 0) is 10.3 Å². The molecule has 0 radical (unpaired) electrons. The van der Waals surface area contributed by atoms with Crippen LogP contribution in [0.1, 0.15) is 25.8 Å². The van der Waals surface area contributed by atoms with Gasteiger partial charge in [-0.25, -0.2) is 9.18 Å². The first kappa shape index (κ1) is 16.7. The lowest BCUT2D eigenvalue weighted by Gasteiger charge is -2.25. The number of amides is 2. The Kier molecular flexibility index (Phi) is 5.37. The van der Waals surface area contributed by atoms with Crippen molar-refractivity contribution in [2.75, 3.05) is 19.8 Å². The highest BCUT2D eigenvalue weighted by atomic mass is 19.1. The second kappa shape index (κ2) is 7.07. The van der Waals surface area contributed by atoms with Gasteiger partial charge in [-0.2, -0.15) is 0 Å². The van der Waals surface area contributed by atoms with Crippen LogP contribution >= 0.6 is 0 Å². The minimum absolute atomic E-state index is 0.0123. The number of carbonyl (C=O) groups excluding carboxylic acids is 1. The van der Waals surface area contributed by atoms with Crippen LogP contribution < -0.4 is 10.6 Å². The molecule has 1 aromatic carbocycles. The summed E-state index contributed by atoms with van der Waals surface area (Å²) in [5.41, 5.74) is -0.712. The highest BCUT2D eigenvalue weighted by Gasteiger charge is 2.26. The maximum absolute atomic E-state index is 12.9. The number of hydrogen-bond acceptors (Lipinski definition) is 3. The van der Waals surface area contributed by atoms with Crippen LogP contribution in [0, 0.1) is 11.7 Å². The molecule has 22 heavy (non-hydrogen) atoms. The fourth-order valence-corrected chi connectivity index (χ4v) is 2.49. The van der Waals surface area contributed by atoms with Gasteiger partial charge in [0.2, 0.25) is 0 Å². The quantitative estimate of drug-likeness (QED) is 0.776. The lowest BCUT2D eigenvalue weighted by molar-refractivity contribution is 0.0591. The van der Waals surface area contributed by atoms with Crippen LogP contribution in [0.2, 0.25) is 0 Å². The molecule has 0 saturated carbocycles. The Labute approximate surface area is 129 Å². The summed E-state index contributed by atoms with van der Waals surface area (Å²) in [6.07, 6.45) is 0.939. The highest BCUT2D eigenvalue weighted by molar-refractivity contribution is 5.74. The number of halogens is 1. The van der Waals surface area contributed by atoms with Crippen molar-refractivity contribution in [3.8, 4) is 0 Å². The minimum Gasteiger partial charge on any atom is -0.384 e. The summed E-state index contributed by atoms with van der Waals surface area (Å²) < 4.78 is 18.2. The Morgan fingerprint density at radius 2 is 2.18 bits per heavy atom. The van der Waals surface area contributed by atoms with Gasteiger partial charge in [0, 0.05) is 18.6 Å². The molecular weight excluding hydrogens is 287 g/mol. The van der Waals surface area contributed by atoms with E-state index in [0.717, 1.165) is 13.0 Å². The number of urea groups is 1. The van der Waals surface area contributed by atoms with E-state index in [1.165, 1.54) is 24.3 Å². The largest absolute Gasteiger partial charge is 0.384 e. The average Bonchev–Trinajstić information content (AvgIpc) is 3.00. The molecule has 1 aliphatic rings. The molecular formula is C16H23FN2O3. The van der Waals surface area contributed by atoms with Gasteiger partial charge < -0.3 is 20.5 Å². The number of hydrogen-bond donors (Lipinski definition) is 3. The molecule has 122 valence electrons. The maximum Gasteiger partial charge on any atom is 0.315 e. The topological polar surface area (TPSA) is 70.6 Å². The van der Waals surface area contributed by atoms with Crippen molar-refractivity contribution in [1.29, 1.82) is 0 Å². The lowest BCUT2D eigenvalue weighted by Crippen LogP contribution is -2.48. The number of aliphatic hydroxyl groups is 1. The van der Waals surface area contributed by atoms with Gasteiger partial charge in [-0.3, -0.25) is 0 Å². The minimum atomic E-state index is -1.26. The molecule has 0 spiro atoms. The number of carbonyl (C=O) groups is 1. The first-order valence-electron chi connectivity index (χ1n) is 7.49. The van der Waals surface area contributed by atoms with E-state index in [9.17, 15) is 14.3 Å². The van der Waals surface area contributed by atoms with Crippen molar-refractivity contribution in [2.45, 2.75) is 31.9 Å². The molecule has 1 aromatic rings. The molecule has 2 rings (SSSR count). The second-order valence-electron chi connectivity index (χ2n) is 6.02. The van der Waals surface area contributed by atoms with Crippen molar-refractivity contribution in [1.82, 2.24) is 10.6 Å². The second-order valence-corrected chi connectivity index (χ2v) is 6.02. The standard InChI is InChI=1S/C16H23FN2O3/c1-11(12-7-8-22-9-12)19-15(20)18-10-16(2,21)13-3-5-14(17)6-4-13/h3-6,11-12,21H,7-10H2,1-2H3,(H2,18,19,20)/t11-,12-,16-/m0/s1. The summed E-state index contributed by atoms with van der Waals surface area (Å²) in [7, 11) is 0. The van der Waals surface area contributed by atoms with Crippen molar-refractivity contribution in [3.63, 3.8) is 0 Å². The van der Waals surface area contributed by atoms with Gasteiger partial charge in [-0.05, 0) is 38.0 Å². The summed E-state index contributed by atoms with van der Waals surface area (Å²) in [6, 6.07) is 5.26. The molecule has 0 unspecified atom stereocenters. The summed E-state index contributed by atoms with van der Waals surface area (Å²) in [5.74, 6) is -0.0405. The molecule has 3 N–H and O–H groups in total. The number of rotatable bonds is 5. The van der Waals surface area contributed by atoms with E-state index >= 15 is 0 Å². The predicted octanol–water partition coefficient (Wildman–Crippen LogP) is 1.76. The molecule has 0 aliphatic carbocycles. The Balaban J connectivity index is 1.82. The molecule has 2 amide bonds. The van der Waals surface area contributed by atoms with E-state index in [1.807, 2.05) is 6.92 Å². The first-order valence-corrected chi connectivity index (χ1v) is 7.49. The molecule has 6 heteroatoms. The Morgan fingerprint density at radius 1 is 1.50 bits per heavy atom. The Morgan fingerprint density at radius 3 is 2.77 bits per heavy atom. The average molecular weight is 310 g/mol. The number of nitrogens with one attached hydrogen (secondary N) is 2. The normalized spacial score (nSPS) is 21.9. The van der Waals surface area contributed by atoms with E-state index in [1.54, 1.807) is 6.92 Å². The van der Waals surface area contributed by atoms with Crippen LogP contribution in [0.25, 0.3) is 0 Å². The molecule has 0 bridgehead atoms. The van der Waals surface area contributed by atoms with Crippen molar-refractivity contribution in [2.24, 2.45) is 5.92 Å². The number of benzene rings is 1. The Bertz CT molecular complexity index is 499. The molecule has 1 saturated heterocycles. The third-order valence-electron chi connectivity index (χ3n) is 4.09. The summed E-state index contributed by atoms with van der Waals surface area (Å²) in [5, 5.41) is 15.9. The summed E-state index contributed by atoms with van der Waals surface area (Å²) in [6.45, 7) is 4.95. The van der Waals surface area contributed by atoms with E-state index in [2.05, 4.69) is 10.6 Å². The zero-order valence-corrected chi connectivity index (χ0v) is 12.9. The van der Waals surface area contributed by atoms with Crippen molar-refractivity contribution >= 4 is 6.03 Å². The SMILES string of the molecule is C[C@H](NC(=O)NC[C@](C)(O)c1ccc(F)cc1)[C@H]1CCOC1. The van der Waals surface area contributed by atoms with Crippen LogP contribution in [-0.4, -0.2) is 36.9 Å². The van der Waals surface area contributed by atoms with Crippen molar-refractivity contribution in [3.05, 3.63) is 35.6 Å². The lowest BCUT2D eigenvalue weighted by atomic mass is 9.96. The van der Waals surface area contributed by atoms with Gasteiger partial charge in [0.15, 0.2) is 0 Å². The molecule has 1 heterocycles. The number of ether oxygens (including phenoxy) is 1. The smallest absolute Gasteiger partial charge is 0.315 e. The Hall–Kier alpha value is -1.66. The summed E-state index contributed by atoms with van der Waals surface area (Å²) >= 11 is 0. The summed E-state index contributed by atoms with van der Waals surface area (Å²) in [4.78, 5) is 11.9. The molecule has 3 atom stereocenters. The van der Waals surface area contributed by atoms with E-state index in [-0.39, 0.29) is 24.4 Å². The molecule has 5 nitrogen and oxygen atoms in total. The van der Waals surface area contributed by atoms with E-state index in [4.69, 9.17) is 4.74 Å². The van der Waals surface area contributed by atoms with E-state index in [0.29, 0.717) is 18.1 Å². The fourth-order valence-electron chi connectivity index (χ4n) is 2.49. The third-order valence-corrected chi connectivity index (χ3v) is 4.09. The van der Waals surface area contributed by atoms with Crippen LogP contribution in [0.5, 0.6) is 0 Å². The van der Waals surface area contributed by atoms with Gasteiger partial charge >= 0.3 is 6.03 Å². The van der Waals surface area contributed by atoms with Crippen LogP contribution in [0.15, 0.2) is 24.3 Å². The highest BCUT2D eigenvalue weighted by Crippen LogP contribution is 2.20. The van der Waals surface area contributed by atoms with Crippen LogP contribution in [0.3, 0.4) is 0 Å². The molecule has 0 aromatic heterocycles. The fraction of sp³-hybridized carbons (Fsp3) is 0.562. The molecule has 1 aliphatic heterocycles.